The van der Waals surface area contributed by atoms with Crippen LogP contribution < -0.4 is 14.2 Å². The molecule has 0 spiro atoms. The molecule has 3 heteroatoms. The summed E-state index contributed by atoms with van der Waals surface area (Å²) in [5.41, 5.74) is 3.59. The summed E-state index contributed by atoms with van der Waals surface area (Å²) in [6.07, 6.45) is 11.1. The first-order valence-corrected chi connectivity index (χ1v) is 17.1. The predicted molar refractivity (Wildman–Crippen MR) is 189 cm³/mol. The molecule has 0 unspecified atom stereocenters. The first kappa shape index (κ1) is 31.7. The smallest absolute Gasteiger partial charge is 0.135 e. The minimum absolute atomic E-state index is 0.690. The van der Waals surface area contributed by atoms with Gasteiger partial charge in [0.1, 0.15) is 17.2 Å². The van der Waals surface area contributed by atoms with Crippen LogP contribution in [0.1, 0.15) is 91.0 Å². The lowest BCUT2D eigenvalue weighted by Gasteiger charge is -2.22. The first-order chi connectivity index (χ1) is 21.7. The van der Waals surface area contributed by atoms with Crippen LogP contribution in [0, 0.1) is 0 Å². The molecule has 0 amide bonds. The van der Waals surface area contributed by atoms with Crippen molar-refractivity contribution in [1.82, 2.24) is 0 Å². The summed E-state index contributed by atoms with van der Waals surface area (Å²) in [5, 5.41) is 6.91. The van der Waals surface area contributed by atoms with Crippen molar-refractivity contribution in [3.8, 4) is 28.4 Å². The van der Waals surface area contributed by atoms with Gasteiger partial charge in [-0.3, -0.25) is 0 Å². The number of fused-ring (bicyclic) bond motifs is 3. The van der Waals surface area contributed by atoms with Crippen molar-refractivity contribution in [2.75, 3.05) is 19.8 Å². The van der Waals surface area contributed by atoms with E-state index in [9.17, 15) is 0 Å². The van der Waals surface area contributed by atoms with Crippen LogP contribution in [0.2, 0.25) is 0 Å². The maximum absolute atomic E-state index is 6.78. The quantitative estimate of drug-likeness (QED) is 0.0796. The van der Waals surface area contributed by atoms with Crippen LogP contribution in [0.25, 0.3) is 43.4 Å². The van der Waals surface area contributed by atoms with Crippen LogP contribution >= 0.6 is 0 Å². The Labute approximate surface area is 264 Å². The number of benzene rings is 5. The van der Waals surface area contributed by atoms with Gasteiger partial charge in [0.15, 0.2) is 0 Å². The zero-order chi connectivity index (χ0) is 30.7. The third kappa shape index (κ3) is 6.98. The van der Waals surface area contributed by atoms with Crippen LogP contribution in [0.4, 0.5) is 0 Å². The normalized spacial score (nSPS) is 11.5. The van der Waals surface area contributed by atoms with Gasteiger partial charge in [-0.2, -0.15) is 0 Å². The van der Waals surface area contributed by atoms with Crippen molar-refractivity contribution in [2.24, 2.45) is 0 Å². The first-order valence-electron chi connectivity index (χ1n) is 17.1. The second-order valence-corrected chi connectivity index (χ2v) is 11.9. The molecule has 5 rings (SSSR count). The molecular formula is C41H50O3. The molecule has 0 bridgehead atoms. The van der Waals surface area contributed by atoms with Crippen LogP contribution in [-0.4, -0.2) is 19.8 Å². The predicted octanol–water partition coefficient (Wildman–Crippen LogP) is 12.1. The number of aryl methyl sites for hydroxylation is 1. The monoisotopic (exact) mass is 590 g/mol. The minimum Gasteiger partial charge on any atom is -0.493 e. The second kappa shape index (κ2) is 15.8. The molecule has 0 N–H and O–H groups in total. The topological polar surface area (TPSA) is 27.7 Å². The SMILES string of the molecule is CCCCCOc1cc(-c2c3ccccc3c(OCCCCC)c3cc(CC)ccc23)c(OCCCCC)c2ccccc12. The number of rotatable bonds is 17. The van der Waals surface area contributed by atoms with Crippen molar-refractivity contribution in [3.63, 3.8) is 0 Å². The van der Waals surface area contributed by atoms with Gasteiger partial charge in [0.2, 0.25) is 0 Å². The fraction of sp³-hybridized carbons (Fsp3) is 0.415. The van der Waals surface area contributed by atoms with Crippen molar-refractivity contribution < 1.29 is 14.2 Å². The van der Waals surface area contributed by atoms with Gasteiger partial charge in [-0.05, 0) is 54.2 Å². The van der Waals surface area contributed by atoms with E-state index in [0.29, 0.717) is 13.2 Å². The largest absolute Gasteiger partial charge is 0.493 e. The summed E-state index contributed by atoms with van der Waals surface area (Å²) in [4.78, 5) is 0. The summed E-state index contributed by atoms with van der Waals surface area (Å²) < 4.78 is 20.0. The zero-order valence-corrected chi connectivity index (χ0v) is 27.3. The highest BCUT2D eigenvalue weighted by Crippen LogP contribution is 2.49. The highest BCUT2D eigenvalue weighted by atomic mass is 16.5. The number of ether oxygens (including phenoxy) is 3. The van der Waals surface area contributed by atoms with Gasteiger partial charge in [0.05, 0.1) is 19.8 Å². The molecule has 5 aromatic carbocycles. The molecule has 5 aromatic rings. The number of unbranched alkanes of at least 4 members (excludes halogenated alkanes) is 6. The van der Waals surface area contributed by atoms with E-state index in [1.165, 1.54) is 46.5 Å². The second-order valence-electron chi connectivity index (χ2n) is 11.9. The molecule has 0 saturated heterocycles. The lowest BCUT2D eigenvalue weighted by atomic mass is 9.88. The Morgan fingerprint density at radius 1 is 0.455 bits per heavy atom. The summed E-state index contributed by atoms with van der Waals surface area (Å²) in [6.45, 7) is 11.0. The Balaban J connectivity index is 1.79. The Hall–Kier alpha value is -3.72. The van der Waals surface area contributed by atoms with Gasteiger partial charge in [-0.15, -0.1) is 0 Å². The molecule has 0 atom stereocenters. The van der Waals surface area contributed by atoms with Crippen LogP contribution in [0.3, 0.4) is 0 Å². The van der Waals surface area contributed by atoms with Crippen LogP contribution in [0.5, 0.6) is 17.2 Å². The third-order valence-corrected chi connectivity index (χ3v) is 8.67. The van der Waals surface area contributed by atoms with E-state index in [1.807, 2.05) is 0 Å². The lowest BCUT2D eigenvalue weighted by molar-refractivity contribution is 0.304. The fourth-order valence-corrected chi connectivity index (χ4v) is 6.22. The van der Waals surface area contributed by atoms with Gasteiger partial charge in [-0.1, -0.05) is 127 Å². The van der Waals surface area contributed by atoms with Crippen molar-refractivity contribution in [1.29, 1.82) is 0 Å². The molecule has 0 saturated carbocycles. The molecule has 0 fully saturated rings. The summed E-state index contributed by atoms with van der Waals surface area (Å²) in [6, 6.07) is 26.5. The lowest BCUT2D eigenvalue weighted by Crippen LogP contribution is -2.04. The van der Waals surface area contributed by atoms with Crippen molar-refractivity contribution in [3.05, 3.63) is 78.4 Å². The molecule has 0 aromatic heterocycles. The molecule has 0 aliphatic carbocycles. The van der Waals surface area contributed by atoms with E-state index < -0.39 is 0 Å². The highest BCUT2D eigenvalue weighted by molar-refractivity contribution is 6.19. The fourth-order valence-electron chi connectivity index (χ4n) is 6.22. The minimum atomic E-state index is 0.690. The van der Waals surface area contributed by atoms with Crippen molar-refractivity contribution in [2.45, 2.75) is 91.9 Å². The molecule has 3 nitrogen and oxygen atoms in total. The van der Waals surface area contributed by atoms with Gasteiger partial charge in [-0.25, -0.2) is 0 Å². The van der Waals surface area contributed by atoms with E-state index >= 15 is 0 Å². The van der Waals surface area contributed by atoms with E-state index in [2.05, 4.69) is 100 Å². The van der Waals surface area contributed by atoms with Gasteiger partial charge < -0.3 is 14.2 Å². The van der Waals surface area contributed by atoms with Gasteiger partial charge >= 0.3 is 0 Å². The molecule has 44 heavy (non-hydrogen) atoms. The average molecular weight is 591 g/mol. The molecular weight excluding hydrogens is 540 g/mol. The Bertz CT molecular complexity index is 1670. The van der Waals surface area contributed by atoms with Crippen LogP contribution in [-0.2, 0) is 6.42 Å². The van der Waals surface area contributed by atoms with E-state index in [1.54, 1.807) is 0 Å². The van der Waals surface area contributed by atoms with E-state index in [0.717, 1.165) is 90.5 Å². The summed E-state index contributed by atoms with van der Waals surface area (Å²) in [7, 11) is 0. The van der Waals surface area contributed by atoms with Crippen LogP contribution in [0.15, 0.2) is 72.8 Å². The average Bonchev–Trinajstić information content (AvgIpc) is 3.06. The number of hydrogen-bond acceptors (Lipinski definition) is 3. The van der Waals surface area contributed by atoms with Gasteiger partial charge in [0.25, 0.3) is 0 Å². The Kier molecular flexibility index (Phi) is 11.4. The van der Waals surface area contributed by atoms with E-state index in [4.69, 9.17) is 14.2 Å². The maximum Gasteiger partial charge on any atom is 0.135 e. The van der Waals surface area contributed by atoms with Crippen molar-refractivity contribution >= 4 is 32.3 Å². The molecule has 0 aliphatic rings. The molecule has 0 heterocycles. The maximum atomic E-state index is 6.78. The molecule has 232 valence electrons. The zero-order valence-electron chi connectivity index (χ0n) is 27.3. The van der Waals surface area contributed by atoms with E-state index in [-0.39, 0.29) is 0 Å². The Morgan fingerprint density at radius 2 is 0.977 bits per heavy atom. The van der Waals surface area contributed by atoms with Gasteiger partial charge in [0, 0.05) is 32.7 Å². The standard InChI is InChI=1S/C41H50O3/c1-5-9-16-25-42-38-29-37(41(44-27-18-11-7-3)34-21-14-12-19-31(34)38)39-32-20-13-15-22-35(32)40(43-26-17-10-6-2)36-28-30(8-4)23-24-33(36)39/h12-15,19-24,28-29H,5-11,16-18,25-27H2,1-4H3. The highest BCUT2D eigenvalue weighted by Gasteiger charge is 2.22. The Morgan fingerprint density at radius 3 is 1.59 bits per heavy atom. The molecule has 0 aliphatic heterocycles. The molecule has 0 radical (unpaired) electrons. The number of hydrogen-bond donors (Lipinski definition) is 0. The third-order valence-electron chi connectivity index (χ3n) is 8.67. The summed E-state index contributed by atoms with van der Waals surface area (Å²) >= 11 is 0. The summed E-state index contributed by atoms with van der Waals surface area (Å²) in [5.74, 6) is 2.86.